The fourth-order valence-corrected chi connectivity index (χ4v) is 3.33. The maximum atomic E-state index is 12.0. The maximum absolute atomic E-state index is 12.0. The highest BCUT2D eigenvalue weighted by Crippen LogP contribution is 2.22. The number of carbonyl (C=O) groups is 2. The lowest BCUT2D eigenvalue weighted by Crippen LogP contribution is -2.41. The van der Waals surface area contributed by atoms with E-state index in [0.717, 1.165) is 11.3 Å². The van der Waals surface area contributed by atoms with Crippen molar-refractivity contribution in [3.63, 3.8) is 0 Å². The molecule has 5 nitrogen and oxygen atoms in total. The summed E-state index contributed by atoms with van der Waals surface area (Å²) in [5, 5.41) is 9.05. The number of hydrogen-bond acceptors (Lipinski definition) is 4. The van der Waals surface area contributed by atoms with E-state index in [1.54, 1.807) is 0 Å². The normalized spacial score (nSPS) is 17.8. The van der Waals surface area contributed by atoms with Crippen molar-refractivity contribution in [3.8, 4) is 5.75 Å². The molecule has 1 saturated heterocycles. The Morgan fingerprint density at radius 1 is 1.43 bits per heavy atom. The summed E-state index contributed by atoms with van der Waals surface area (Å²) < 4.78 is 5.63. The number of rotatable bonds is 6. The van der Waals surface area contributed by atoms with Crippen LogP contribution in [0.5, 0.6) is 5.75 Å². The Hall–Kier alpha value is -1.69. The summed E-state index contributed by atoms with van der Waals surface area (Å²) in [5.41, 5.74) is 1.06. The highest BCUT2D eigenvalue weighted by atomic mass is 32.2. The monoisotopic (exact) mass is 309 g/mol. The molecule has 1 aliphatic heterocycles. The third-order valence-electron chi connectivity index (χ3n) is 3.37. The van der Waals surface area contributed by atoms with Crippen molar-refractivity contribution in [1.29, 1.82) is 0 Å². The molecule has 1 atom stereocenters. The van der Waals surface area contributed by atoms with Crippen LogP contribution in [0.3, 0.4) is 0 Å². The molecule has 1 heterocycles. The topological polar surface area (TPSA) is 66.8 Å². The zero-order chi connectivity index (χ0) is 15.2. The number of ether oxygens (including phenoxy) is 1. The van der Waals surface area contributed by atoms with Crippen LogP contribution in [0.25, 0.3) is 0 Å². The zero-order valence-corrected chi connectivity index (χ0v) is 12.8. The molecule has 0 radical (unpaired) electrons. The molecule has 2 rings (SSSR count). The fourth-order valence-electron chi connectivity index (χ4n) is 2.16. The SMILES string of the molecule is Cc1ccccc1OCCCC(=O)N1CSC[C@H]1C(=O)O. The van der Waals surface area contributed by atoms with Crippen molar-refractivity contribution in [2.45, 2.75) is 25.8 Å². The summed E-state index contributed by atoms with van der Waals surface area (Å²) in [6.45, 7) is 2.43. The molecule has 1 aromatic carbocycles. The van der Waals surface area contributed by atoms with Crippen LogP contribution in [0, 0.1) is 6.92 Å². The van der Waals surface area contributed by atoms with Gasteiger partial charge in [0.1, 0.15) is 11.8 Å². The quantitative estimate of drug-likeness (QED) is 0.816. The number of para-hydroxylation sites is 1. The molecule has 0 aromatic heterocycles. The number of benzene rings is 1. The van der Waals surface area contributed by atoms with E-state index < -0.39 is 12.0 Å². The van der Waals surface area contributed by atoms with E-state index in [2.05, 4.69) is 0 Å². The minimum Gasteiger partial charge on any atom is -0.493 e. The Morgan fingerprint density at radius 2 is 2.19 bits per heavy atom. The second kappa shape index (κ2) is 7.36. The van der Waals surface area contributed by atoms with Gasteiger partial charge in [-0.1, -0.05) is 18.2 Å². The van der Waals surface area contributed by atoms with Crippen LogP contribution >= 0.6 is 11.8 Å². The first-order valence-corrected chi connectivity index (χ1v) is 8.03. The third-order valence-corrected chi connectivity index (χ3v) is 4.39. The van der Waals surface area contributed by atoms with Gasteiger partial charge < -0.3 is 14.7 Å². The lowest BCUT2D eigenvalue weighted by Gasteiger charge is -2.20. The van der Waals surface area contributed by atoms with Crippen molar-refractivity contribution < 1.29 is 19.4 Å². The number of hydrogen-bond donors (Lipinski definition) is 1. The summed E-state index contributed by atoms with van der Waals surface area (Å²) in [6, 6.07) is 7.04. The van der Waals surface area contributed by atoms with Gasteiger partial charge in [0.2, 0.25) is 5.91 Å². The van der Waals surface area contributed by atoms with Gasteiger partial charge in [-0.25, -0.2) is 4.79 Å². The van der Waals surface area contributed by atoms with Crippen LogP contribution in [0.4, 0.5) is 0 Å². The van der Waals surface area contributed by atoms with E-state index in [-0.39, 0.29) is 5.91 Å². The van der Waals surface area contributed by atoms with E-state index in [4.69, 9.17) is 9.84 Å². The first-order valence-electron chi connectivity index (χ1n) is 6.88. The third kappa shape index (κ3) is 4.14. The van der Waals surface area contributed by atoms with Gasteiger partial charge in [-0.15, -0.1) is 11.8 Å². The Labute approximate surface area is 128 Å². The van der Waals surface area contributed by atoms with Crippen molar-refractivity contribution >= 4 is 23.6 Å². The minimum atomic E-state index is -0.926. The number of thioether (sulfide) groups is 1. The first kappa shape index (κ1) is 15.7. The van der Waals surface area contributed by atoms with E-state index in [1.807, 2.05) is 31.2 Å². The van der Waals surface area contributed by atoms with Gasteiger partial charge in [-0.2, -0.15) is 0 Å². The van der Waals surface area contributed by atoms with Gasteiger partial charge in [0, 0.05) is 12.2 Å². The highest BCUT2D eigenvalue weighted by molar-refractivity contribution is 7.99. The standard InChI is InChI=1S/C15H19NO4S/c1-11-5-2-3-6-13(11)20-8-4-7-14(17)16-10-21-9-12(16)15(18)19/h2-3,5-6,12H,4,7-10H2,1H3,(H,18,19)/t12-/m0/s1. The van der Waals surface area contributed by atoms with E-state index >= 15 is 0 Å². The molecule has 1 amide bonds. The van der Waals surface area contributed by atoms with Gasteiger partial charge in [-0.05, 0) is 25.0 Å². The number of aliphatic carboxylic acids is 1. The van der Waals surface area contributed by atoms with Crippen molar-refractivity contribution in [1.82, 2.24) is 4.90 Å². The summed E-state index contributed by atoms with van der Waals surface area (Å²) in [7, 11) is 0. The van der Waals surface area contributed by atoms with Crippen molar-refractivity contribution in [3.05, 3.63) is 29.8 Å². The number of amides is 1. The Bertz CT molecular complexity index is 520. The second-order valence-corrected chi connectivity index (χ2v) is 5.93. The highest BCUT2D eigenvalue weighted by Gasteiger charge is 2.33. The van der Waals surface area contributed by atoms with E-state index in [0.29, 0.717) is 31.1 Å². The van der Waals surface area contributed by atoms with Gasteiger partial charge in [0.15, 0.2) is 0 Å². The van der Waals surface area contributed by atoms with Crippen LogP contribution < -0.4 is 4.74 Å². The van der Waals surface area contributed by atoms with E-state index in [1.165, 1.54) is 16.7 Å². The summed E-state index contributed by atoms with van der Waals surface area (Å²) in [5.74, 6) is 0.727. The molecule has 0 unspecified atom stereocenters. The molecule has 1 fully saturated rings. The van der Waals surface area contributed by atoms with Crippen LogP contribution in [-0.2, 0) is 9.59 Å². The molecule has 0 spiro atoms. The van der Waals surface area contributed by atoms with Crippen LogP contribution in [0.2, 0.25) is 0 Å². The molecule has 0 bridgehead atoms. The molecule has 0 saturated carbocycles. The molecule has 1 aromatic rings. The van der Waals surface area contributed by atoms with Gasteiger partial charge in [-0.3, -0.25) is 4.79 Å². The molecular weight excluding hydrogens is 290 g/mol. The summed E-state index contributed by atoms with van der Waals surface area (Å²) in [4.78, 5) is 24.5. The molecule has 0 aliphatic carbocycles. The van der Waals surface area contributed by atoms with Gasteiger partial charge in [0.05, 0.1) is 12.5 Å². The molecule has 1 N–H and O–H groups in total. The number of carboxylic acids is 1. The molecule has 1 aliphatic rings. The predicted octanol–water partition coefficient (Wildman–Crippen LogP) is 2.14. The average molecular weight is 309 g/mol. The largest absolute Gasteiger partial charge is 0.493 e. The molecule has 114 valence electrons. The van der Waals surface area contributed by atoms with Crippen molar-refractivity contribution in [2.24, 2.45) is 0 Å². The number of carbonyl (C=O) groups excluding carboxylic acids is 1. The lowest BCUT2D eigenvalue weighted by molar-refractivity contribution is -0.147. The lowest BCUT2D eigenvalue weighted by atomic mass is 10.2. The van der Waals surface area contributed by atoms with Gasteiger partial charge in [0.25, 0.3) is 0 Å². The van der Waals surface area contributed by atoms with Crippen LogP contribution in [0.15, 0.2) is 24.3 Å². The molecule has 21 heavy (non-hydrogen) atoms. The fraction of sp³-hybridized carbons (Fsp3) is 0.467. The molecular formula is C15H19NO4S. The first-order chi connectivity index (χ1) is 10.1. The van der Waals surface area contributed by atoms with Crippen molar-refractivity contribution in [2.75, 3.05) is 18.2 Å². The number of aryl methyl sites for hydroxylation is 1. The minimum absolute atomic E-state index is 0.110. The van der Waals surface area contributed by atoms with Crippen LogP contribution in [0.1, 0.15) is 18.4 Å². The second-order valence-electron chi connectivity index (χ2n) is 4.93. The number of nitrogens with zero attached hydrogens (tertiary/aromatic N) is 1. The molecule has 6 heteroatoms. The Morgan fingerprint density at radius 3 is 2.90 bits per heavy atom. The number of carboxylic acid groups (broad SMARTS) is 1. The van der Waals surface area contributed by atoms with E-state index in [9.17, 15) is 9.59 Å². The van der Waals surface area contributed by atoms with Gasteiger partial charge >= 0.3 is 5.97 Å². The maximum Gasteiger partial charge on any atom is 0.327 e. The predicted molar refractivity (Wildman–Crippen MR) is 81.5 cm³/mol. The Kier molecular flexibility index (Phi) is 5.50. The average Bonchev–Trinajstić information content (AvgIpc) is 2.95. The summed E-state index contributed by atoms with van der Waals surface area (Å²) in [6.07, 6.45) is 0.900. The zero-order valence-electron chi connectivity index (χ0n) is 11.9. The van der Waals surface area contributed by atoms with Crippen LogP contribution in [-0.4, -0.2) is 46.2 Å². The Balaban J connectivity index is 1.75. The summed E-state index contributed by atoms with van der Waals surface area (Å²) >= 11 is 1.48. The smallest absolute Gasteiger partial charge is 0.327 e.